The van der Waals surface area contributed by atoms with Gasteiger partial charge in [0, 0.05) is 29.3 Å². The van der Waals surface area contributed by atoms with Crippen LogP contribution in [0.2, 0.25) is 0 Å². The molecular weight excluding hydrogens is 356 g/mol. The first-order valence-corrected chi connectivity index (χ1v) is 9.43. The van der Waals surface area contributed by atoms with Gasteiger partial charge in [-0.05, 0) is 61.7 Å². The largest absolute Gasteiger partial charge is 0.484 e. The van der Waals surface area contributed by atoms with Crippen LogP contribution in [0.25, 0.3) is 0 Å². The lowest BCUT2D eigenvalue weighted by Gasteiger charge is -2.12. The summed E-state index contributed by atoms with van der Waals surface area (Å²) in [6, 6.07) is 12.2. The molecular formula is C22H24N2O4. The third-order valence-corrected chi connectivity index (χ3v) is 4.55. The van der Waals surface area contributed by atoms with E-state index >= 15 is 0 Å². The lowest BCUT2D eigenvalue weighted by Crippen LogP contribution is -2.26. The minimum atomic E-state index is -0.323. The molecule has 1 aliphatic rings. The first-order valence-electron chi connectivity index (χ1n) is 9.43. The highest BCUT2D eigenvalue weighted by molar-refractivity contribution is 5.98. The van der Waals surface area contributed by atoms with Crippen LogP contribution in [0.5, 0.6) is 5.75 Å². The maximum Gasteiger partial charge on any atom is 0.262 e. The van der Waals surface area contributed by atoms with Crippen molar-refractivity contribution in [1.82, 2.24) is 5.32 Å². The van der Waals surface area contributed by atoms with Crippen LogP contribution in [0.3, 0.4) is 0 Å². The zero-order chi connectivity index (χ0) is 20.1. The van der Waals surface area contributed by atoms with Gasteiger partial charge in [0.25, 0.3) is 11.8 Å². The van der Waals surface area contributed by atoms with E-state index < -0.39 is 0 Å². The molecule has 2 N–H and O–H groups in total. The number of benzene rings is 2. The van der Waals surface area contributed by atoms with E-state index in [0.717, 1.165) is 18.4 Å². The first-order chi connectivity index (χ1) is 13.5. The lowest BCUT2D eigenvalue weighted by molar-refractivity contribution is -0.118. The number of hydrogen-bond donors (Lipinski definition) is 2. The van der Waals surface area contributed by atoms with Crippen molar-refractivity contribution in [3.8, 4) is 5.75 Å². The summed E-state index contributed by atoms with van der Waals surface area (Å²) < 4.78 is 5.48. The summed E-state index contributed by atoms with van der Waals surface area (Å²) in [5.41, 5.74) is 2.58. The van der Waals surface area contributed by atoms with Gasteiger partial charge in [0.2, 0.25) is 0 Å². The molecule has 28 heavy (non-hydrogen) atoms. The van der Waals surface area contributed by atoms with E-state index in [9.17, 15) is 14.4 Å². The molecule has 0 atom stereocenters. The molecule has 0 aromatic heterocycles. The quantitative estimate of drug-likeness (QED) is 0.687. The third kappa shape index (κ3) is 5.19. The highest BCUT2D eigenvalue weighted by atomic mass is 16.5. The Morgan fingerprint density at radius 3 is 2.36 bits per heavy atom. The molecule has 3 rings (SSSR count). The molecule has 0 saturated heterocycles. The van der Waals surface area contributed by atoms with E-state index in [1.165, 1.54) is 0 Å². The number of hydrogen-bond acceptors (Lipinski definition) is 4. The summed E-state index contributed by atoms with van der Waals surface area (Å²) >= 11 is 0. The zero-order valence-electron chi connectivity index (χ0n) is 16.1. The number of carbonyl (C=O) groups is 3. The molecule has 2 aromatic carbocycles. The van der Waals surface area contributed by atoms with E-state index in [4.69, 9.17) is 4.74 Å². The predicted molar refractivity (Wildman–Crippen MR) is 107 cm³/mol. The molecule has 1 saturated carbocycles. The number of aryl methyl sites for hydroxylation is 1. The molecule has 0 aliphatic heterocycles. The van der Waals surface area contributed by atoms with E-state index in [0.29, 0.717) is 29.0 Å². The van der Waals surface area contributed by atoms with E-state index in [-0.39, 0.29) is 30.2 Å². The van der Waals surface area contributed by atoms with Gasteiger partial charge in [0.1, 0.15) is 5.75 Å². The Morgan fingerprint density at radius 1 is 1.04 bits per heavy atom. The van der Waals surface area contributed by atoms with E-state index in [2.05, 4.69) is 10.6 Å². The maximum atomic E-state index is 12.2. The van der Waals surface area contributed by atoms with Gasteiger partial charge in [-0.1, -0.05) is 13.0 Å². The Kier molecular flexibility index (Phi) is 6.09. The molecule has 6 heteroatoms. The van der Waals surface area contributed by atoms with Crippen LogP contribution >= 0.6 is 0 Å². The van der Waals surface area contributed by atoms with Gasteiger partial charge in [0.15, 0.2) is 12.4 Å². The maximum absolute atomic E-state index is 12.2. The monoisotopic (exact) mass is 380 g/mol. The minimum absolute atomic E-state index is 0.0605. The van der Waals surface area contributed by atoms with Crippen molar-refractivity contribution < 1.29 is 19.1 Å². The SMILES string of the molecule is CCC(=O)c1ccc(OCC(=O)Nc2cc(C(=O)NC3CC3)ccc2C)cc1. The van der Waals surface area contributed by atoms with Crippen molar-refractivity contribution in [2.24, 2.45) is 0 Å². The standard InChI is InChI=1S/C22H24N2O4/c1-3-20(25)15-6-10-18(11-7-15)28-13-21(26)24-19-12-16(5-4-14(19)2)22(27)23-17-8-9-17/h4-7,10-12,17H,3,8-9,13H2,1-2H3,(H,23,27)(H,24,26). The Morgan fingerprint density at radius 2 is 1.71 bits per heavy atom. The number of ketones is 1. The average molecular weight is 380 g/mol. The van der Waals surface area contributed by atoms with Crippen LogP contribution in [0.4, 0.5) is 5.69 Å². The van der Waals surface area contributed by atoms with Gasteiger partial charge in [-0.15, -0.1) is 0 Å². The number of carbonyl (C=O) groups excluding carboxylic acids is 3. The molecule has 146 valence electrons. The van der Waals surface area contributed by atoms with Crippen LogP contribution in [0, 0.1) is 6.92 Å². The van der Waals surface area contributed by atoms with Crippen molar-refractivity contribution in [2.75, 3.05) is 11.9 Å². The summed E-state index contributed by atoms with van der Waals surface area (Å²) in [5.74, 6) is 0.120. The van der Waals surface area contributed by atoms with Gasteiger partial charge in [-0.2, -0.15) is 0 Å². The Labute approximate surface area is 164 Å². The van der Waals surface area contributed by atoms with Crippen molar-refractivity contribution in [3.05, 3.63) is 59.2 Å². The molecule has 0 bridgehead atoms. The molecule has 0 heterocycles. The topological polar surface area (TPSA) is 84.5 Å². The van der Waals surface area contributed by atoms with Crippen molar-refractivity contribution in [1.29, 1.82) is 0 Å². The highest BCUT2D eigenvalue weighted by Crippen LogP contribution is 2.21. The number of amides is 2. The number of ether oxygens (including phenoxy) is 1. The van der Waals surface area contributed by atoms with E-state index in [1.807, 2.05) is 19.9 Å². The van der Waals surface area contributed by atoms with E-state index in [1.54, 1.807) is 36.4 Å². The molecule has 2 aromatic rings. The third-order valence-electron chi connectivity index (χ3n) is 4.55. The van der Waals surface area contributed by atoms with Crippen LogP contribution in [-0.4, -0.2) is 30.2 Å². The van der Waals surface area contributed by atoms with Gasteiger partial charge >= 0.3 is 0 Å². The van der Waals surface area contributed by atoms with Crippen molar-refractivity contribution in [3.63, 3.8) is 0 Å². The fourth-order valence-electron chi connectivity index (χ4n) is 2.67. The minimum Gasteiger partial charge on any atom is -0.484 e. The second-order valence-corrected chi connectivity index (χ2v) is 6.92. The van der Waals surface area contributed by atoms with Gasteiger partial charge < -0.3 is 15.4 Å². The highest BCUT2D eigenvalue weighted by Gasteiger charge is 2.24. The van der Waals surface area contributed by atoms with Gasteiger partial charge in [0.05, 0.1) is 0 Å². The van der Waals surface area contributed by atoms with Crippen LogP contribution in [0.1, 0.15) is 52.5 Å². The molecule has 2 amide bonds. The number of anilines is 1. The second kappa shape index (κ2) is 8.69. The summed E-state index contributed by atoms with van der Waals surface area (Å²) in [6.07, 6.45) is 2.48. The summed E-state index contributed by atoms with van der Waals surface area (Å²) in [4.78, 5) is 36.0. The molecule has 1 aliphatic carbocycles. The Hall–Kier alpha value is -3.15. The normalized spacial score (nSPS) is 12.9. The fourth-order valence-corrected chi connectivity index (χ4v) is 2.67. The van der Waals surface area contributed by atoms with Gasteiger partial charge in [-0.3, -0.25) is 14.4 Å². The summed E-state index contributed by atoms with van der Waals surface area (Å²) in [5, 5.41) is 5.72. The summed E-state index contributed by atoms with van der Waals surface area (Å²) in [6.45, 7) is 3.51. The van der Waals surface area contributed by atoms with Gasteiger partial charge in [-0.25, -0.2) is 0 Å². The smallest absolute Gasteiger partial charge is 0.262 e. The summed E-state index contributed by atoms with van der Waals surface area (Å²) in [7, 11) is 0. The van der Waals surface area contributed by atoms with Crippen LogP contribution < -0.4 is 15.4 Å². The predicted octanol–water partition coefficient (Wildman–Crippen LogP) is 3.50. The number of Topliss-reactive ketones (excluding diaryl/α,β-unsaturated/α-hetero) is 1. The lowest BCUT2D eigenvalue weighted by atomic mass is 10.1. The molecule has 6 nitrogen and oxygen atoms in total. The Balaban J connectivity index is 1.56. The molecule has 0 radical (unpaired) electrons. The number of rotatable bonds is 8. The van der Waals surface area contributed by atoms with Crippen molar-refractivity contribution >= 4 is 23.3 Å². The first kappa shape index (κ1) is 19.6. The van der Waals surface area contributed by atoms with Crippen LogP contribution in [-0.2, 0) is 4.79 Å². The molecule has 0 spiro atoms. The average Bonchev–Trinajstić information content (AvgIpc) is 3.51. The number of nitrogens with one attached hydrogen (secondary N) is 2. The molecule has 0 unspecified atom stereocenters. The fraction of sp³-hybridized carbons (Fsp3) is 0.318. The molecule has 1 fully saturated rings. The zero-order valence-corrected chi connectivity index (χ0v) is 16.1. The van der Waals surface area contributed by atoms with Crippen LogP contribution in [0.15, 0.2) is 42.5 Å². The van der Waals surface area contributed by atoms with Crippen molar-refractivity contribution in [2.45, 2.75) is 39.2 Å². The Bertz CT molecular complexity index is 886. The second-order valence-electron chi connectivity index (χ2n) is 6.92.